The molecular weight excluding hydrogens is 404 g/mol. The molecule has 0 saturated carbocycles. The maximum atomic E-state index is 12.9. The summed E-state index contributed by atoms with van der Waals surface area (Å²) < 4.78 is 5.98. The molecule has 0 saturated heterocycles. The van der Waals surface area contributed by atoms with E-state index in [4.69, 9.17) is 5.73 Å². The van der Waals surface area contributed by atoms with Gasteiger partial charge in [0.05, 0.1) is 5.71 Å². The summed E-state index contributed by atoms with van der Waals surface area (Å²) in [6.07, 6.45) is 0. The summed E-state index contributed by atoms with van der Waals surface area (Å²) in [6.45, 7) is 5.89. The minimum absolute atomic E-state index is 0.0289. The van der Waals surface area contributed by atoms with Crippen molar-refractivity contribution >= 4 is 28.8 Å². The Morgan fingerprint density at radius 3 is 2.63 bits per heavy atom. The molecule has 0 radical (unpaired) electrons. The highest BCUT2D eigenvalue weighted by atomic mass is 32.1. The number of rotatable bonds is 5. The summed E-state index contributed by atoms with van der Waals surface area (Å²) in [5, 5.41) is 19.6. The number of anilines is 1. The SMILES string of the molecule is C/C(=N\NC(=O)c1nnn(-c2nonc2N)c1-c1ccccc1)c1cc(C)sc1C. The van der Waals surface area contributed by atoms with Gasteiger partial charge in [-0.25, -0.2) is 10.1 Å². The molecule has 3 heterocycles. The number of hydrogen-bond donors (Lipinski definition) is 2. The first-order valence-electron chi connectivity index (χ1n) is 8.97. The Morgan fingerprint density at radius 2 is 2.00 bits per heavy atom. The van der Waals surface area contributed by atoms with Crippen molar-refractivity contribution in [3.8, 4) is 17.1 Å². The monoisotopic (exact) mass is 422 g/mol. The fourth-order valence-corrected chi connectivity index (χ4v) is 3.99. The normalized spacial score (nSPS) is 11.6. The van der Waals surface area contributed by atoms with E-state index in [0.29, 0.717) is 17.0 Å². The average Bonchev–Trinajstić information content (AvgIpc) is 3.44. The van der Waals surface area contributed by atoms with Crippen LogP contribution in [0.1, 0.15) is 32.7 Å². The largest absolute Gasteiger partial charge is 0.378 e. The van der Waals surface area contributed by atoms with Gasteiger partial charge in [0, 0.05) is 20.9 Å². The van der Waals surface area contributed by atoms with Gasteiger partial charge in [-0.15, -0.1) is 16.4 Å². The predicted octanol–water partition coefficient (Wildman–Crippen LogP) is 2.73. The Labute approximate surface area is 175 Å². The molecule has 1 amide bonds. The van der Waals surface area contributed by atoms with E-state index < -0.39 is 5.91 Å². The van der Waals surface area contributed by atoms with E-state index in [1.807, 2.05) is 57.2 Å². The number of nitrogen functional groups attached to an aromatic ring is 1. The van der Waals surface area contributed by atoms with Crippen LogP contribution in [-0.2, 0) is 0 Å². The van der Waals surface area contributed by atoms with E-state index in [1.54, 1.807) is 11.3 Å². The second-order valence-corrected chi connectivity index (χ2v) is 7.96. The van der Waals surface area contributed by atoms with Gasteiger partial charge in [-0.2, -0.15) is 9.78 Å². The van der Waals surface area contributed by atoms with E-state index in [1.165, 1.54) is 9.56 Å². The van der Waals surface area contributed by atoms with Crippen molar-refractivity contribution in [2.75, 3.05) is 5.73 Å². The first-order valence-corrected chi connectivity index (χ1v) is 9.79. The Kier molecular flexibility index (Phi) is 5.11. The number of aryl methyl sites for hydroxylation is 2. The smallest absolute Gasteiger partial charge is 0.294 e. The summed E-state index contributed by atoms with van der Waals surface area (Å²) in [4.78, 5) is 15.2. The molecule has 0 atom stereocenters. The van der Waals surface area contributed by atoms with Crippen LogP contribution in [0.25, 0.3) is 17.1 Å². The number of thiophene rings is 1. The maximum Gasteiger partial charge on any atom is 0.294 e. The summed E-state index contributed by atoms with van der Waals surface area (Å²) >= 11 is 1.68. The third-order valence-electron chi connectivity index (χ3n) is 4.38. The molecule has 152 valence electrons. The third-order valence-corrected chi connectivity index (χ3v) is 5.35. The van der Waals surface area contributed by atoms with Gasteiger partial charge in [0.25, 0.3) is 5.91 Å². The van der Waals surface area contributed by atoms with Crippen LogP contribution >= 0.6 is 11.3 Å². The first kappa shape index (κ1) is 19.5. The minimum atomic E-state index is -0.515. The molecule has 3 aromatic heterocycles. The molecular formula is C19H18N8O2S. The number of hydrogen-bond acceptors (Lipinski definition) is 9. The van der Waals surface area contributed by atoms with E-state index in [2.05, 4.69) is 35.8 Å². The lowest BCUT2D eigenvalue weighted by Crippen LogP contribution is -2.21. The maximum absolute atomic E-state index is 12.9. The van der Waals surface area contributed by atoms with Crippen molar-refractivity contribution in [2.24, 2.45) is 5.10 Å². The van der Waals surface area contributed by atoms with E-state index >= 15 is 0 Å². The second kappa shape index (κ2) is 7.87. The molecule has 1 aromatic carbocycles. The summed E-state index contributed by atoms with van der Waals surface area (Å²) in [7, 11) is 0. The molecule has 0 aliphatic heterocycles. The van der Waals surface area contributed by atoms with Gasteiger partial charge in [-0.05, 0) is 37.2 Å². The van der Waals surface area contributed by atoms with Crippen LogP contribution in [-0.4, -0.2) is 36.9 Å². The van der Waals surface area contributed by atoms with Gasteiger partial charge in [0.2, 0.25) is 11.6 Å². The van der Waals surface area contributed by atoms with Crippen molar-refractivity contribution in [3.05, 3.63) is 57.4 Å². The van der Waals surface area contributed by atoms with E-state index in [0.717, 1.165) is 10.4 Å². The number of carbonyl (C=O) groups excluding carboxylic acids is 1. The number of nitrogens with two attached hydrogens (primary N) is 1. The summed E-state index contributed by atoms with van der Waals surface area (Å²) in [5.41, 5.74) is 11.2. The van der Waals surface area contributed by atoms with Crippen LogP contribution in [0, 0.1) is 13.8 Å². The lowest BCUT2D eigenvalue weighted by Gasteiger charge is -2.06. The number of benzene rings is 1. The summed E-state index contributed by atoms with van der Waals surface area (Å²) in [5.74, 6) is -0.343. The Balaban J connectivity index is 1.71. The number of nitrogens with one attached hydrogen (secondary N) is 1. The van der Waals surface area contributed by atoms with Gasteiger partial charge in [0.1, 0.15) is 5.69 Å². The first-order chi connectivity index (χ1) is 14.5. The van der Waals surface area contributed by atoms with Crippen LogP contribution in [0.3, 0.4) is 0 Å². The number of aromatic nitrogens is 5. The van der Waals surface area contributed by atoms with Crippen LogP contribution in [0.5, 0.6) is 0 Å². The molecule has 0 unspecified atom stereocenters. The highest BCUT2D eigenvalue weighted by molar-refractivity contribution is 7.12. The van der Waals surface area contributed by atoms with Gasteiger partial charge in [0.15, 0.2) is 5.69 Å². The number of amides is 1. The number of nitrogens with zero attached hydrogens (tertiary/aromatic N) is 6. The van der Waals surface area contributed by atoms with Gasteiger partial charge < -0.3 is 5.73 Å². The molecule has 0 spiro atoms. The zero-order valence-electron chi connectivity index (χ0n) is 16.4. The zero-order chi connectivity index (χ0) is 21.3. The molecule has 0 aliphatic carbocycles. The van der Waals surface area contributed by atoms with E-state index in [-0.39, 0.29) is 17.3 Å². The molecule has 10 nitrogen and oxygen atoms in total. The molecule has 4 rings (SSSR count). The van der Waals surface area contributed by atoms with Crippen molar-refractivity contribution in [3.63, 3.8) is 0 Å². The number of carbonyl (C=O) groups is 1. The van der Waals surface area contributed by atoms with Gasteiger partial charge >= 0.3 is 0 Å². The van der Waals surface area contributed by atoms with Crippen LogP contribution in [0.4, 0.5) is 5.82 Å². The highest BCUT2D eigenvalue weighted by Gasteiger charge is 2.25. The average molecular weight is 422 g/mol. The molecule has 30 heavy (non-hydrogen) atoms. The topological polar surface area (TPSA) is 137 Å². The molecule has 3 N–H and O–H groups in total. The lowest BCUT2D eigenvalue weighted by molar-refractivity contribution is 0.0950. The van der Waals surface area contributed by atoms with Crippen LogP contribution < -0.4 is 11.2 Å². The Morgan fingerprint density at radius 1 is 1.23 bits per heavy atom. The van der Waals surface area contributed by atoms with Gasteiger partial charge in [-0.3, -0.25) is 4.79 Å². The summed E-state index contributed by atoms with van der Waals surface area (Å²) in [6, 6.07) is 11.2. The lowest BCUT2D eigenvalue weighted by atomic mass is 10.1. The highest BCUT2D eigenvalue weighted by Crippen LogP contribution is 2.26. The Bertz CT molecular complexity index is 1240. The minimum Gasteiger partial charge on any atom is -0.378 e. The van der Waals surface area contributed by atoms with Crippen molar-refractivity contribution in [2.45, 2.75) is 20.8 Å². The predicted molar refractivity (Wildman–Crippen MR) is 113 cm³/mol. The second-order valence-electron chi connectivity index (χ2n) is 6.50. The molecule has 11 heteroatoms. The third kappa shape index (κ3) is 3.57. The van der Waals surface area contributed by atoms with Crippen molar-refractivity contribution < 1.29 is 9.42 Å². The molecule has 4 aromatic rings. The van der Waals surface area contributed by atoms with Crippen LogP contribution in [0.15, 0.2) is 46.1 Å². The fourth-order valence-electron chi connectivity index (χ4n) is 3.01. The standard InChI is InChI=1S/C19H18N8O2S/c1-10-9-14(12(3)30-10)11(2)21-23-19(28)15-16(13-7-5-4-6-8-13)27(26-22-15)18-17(20)24-29-25-18/h4-9H,1-3H3,(H2,20,24)(H,23,28)/b21-11+. The van der Waals surface area contributed by atoms with E-state index in [9.17, 15) is 4.79 Å². The fraction of sp³-hybridized carbons (Fsp3) is 0.158. The molecule has 0 aliphatic rings. The zero-order valence-corrected chi connectivity index (χ0v) is 17.3. The Hall–Kier alpha value is -3.86. The number of hydrazone groups is 1. The van der Waals surface area contributed by atoms with Crippen LogP contribution in [0.2, 0.25) is 0 Å². The quantitative estimate of drug-likeness (QED) is 0.372. The molecule has 0 bridgehead atoms. The van der Waals surface area contributed by atoms with Gasteiger partial charge in [-0.1, -0.05) is 35.5 Å². The van der Waals surface area contributed by atoms with Crippen molar-refractivity contribution in [1.29, 1.82) is 0 Å². The van der Waals surface area contributed by atoms with Crippen molar-refractivity contribution in [1.82, 2.24) is 30.7 Å². The molecule has 0 fully saturated rings.